The van der Waals surface area contributed by atoms with Gasteiger partial charge in [0.05, 0.1) is 29.7 Å². The Morgan fingerprint density at radius 1 is 1.00 bits per heavy atom. The molecule has 9 nitrogen and oxygen atoms in total. The van der Waals surface area contributed by atoms with Crippen LogP contribution in [0.1, 0.15) is 41.8 Å². The topological polar surface area (TPSA) is 124 Å². The number of hydrogen-bond donors (Lipinski definition) is 5. The Labute approximate surface area is 268 Å². The molecule has 1 aliphatic rings. The molecule has 0 aromatic heterocycles. The van der Waals surface area contributed by atoms with E-state index in [1.54, 1.807) is 24.3 Å². The smallest absolute Gasteiger partial charge is 0.491 e. The lowest BCUT2D eigenvalue weighted by molar-refractivity contribution is -0.274. The van der Waals surface area contributed by atoms with Crippen molar-refractivity contribution in [1.29, 1.82) is 0 Å². The van der Waals surface area contributed by atoms with Gasteiger partial charge in [0, 0.05) is 31.3 Å². The highest BCUT2D eigenvalue weighted by Gasteiger charge is 2.32. The molecule has 1 aliphatic heterocycles. The van der Waals surface area contributed by atoms with Crippen LogP contribution in [0, 0.1) is 0 Å². The summed E-state index contributed by atoms with van der Waals surface area (Å²) in [6.07, 6.45) is -5.18. The highest BCUT2D eigenvalue weighted by atomic mass is 35.5. The molecule has 1 heterocycles. The molecule has 1 saturated heterocycles. The summed E-state index contributed by atoms with van der Waals surface area (Å²) >= 11 is 0. The molecule has 14 heteroatoms. The Hall–Kier alpha value is -3.20. The first-order chi connectivity index (χ1) is 20.8. The Balaban J connectivity index is 0.00000552. The predicted molar refractivity (Wildman–Crippen MR) is 171 cm³/mol. The van der Waals surface area contributed by atoms with Crippen LogP contribution < -0.4 is 24.4 Å². The highest BCUT2D eigenvalue weighted by Crippen LogP contribution is 2.51. The van der Waals surface area contributed by atoms with Gasteiger partial charge in [-0.3, -0.25) is 18.2 Å². The van der Waals surface area contributed by atoms with E-state index in [4.69, 9.17) is 4.74 Å². The molecule has 3 aromatic rings. The predicted octanol–water partition coefficient (Wildman–Crippen LogP) is 6.16. The number of carbonyl (C=O) groups is 1. The van der Waals surface area contributed by atoms with Crippen molar-refractivity contribution in [3.63, 3.8) is 0 Å². The van der Waals surface area contributed by atoms with Gasteiger partial charge in [-0.25, -0.2) is 0 Å². The molecule has 0 radical (unpaired) electrons. The largest absolute Gasteiger partial charge is 0.573 e. The zero-order valence-electron chi connectivity index (χ0n) is 24.9. The molecule has 5 N–H and O–H groups in total. The SMILES string of the molecule is CC(C)Oc1cc(C(=O)N[C@@H](Cc2ccccc2)[C@@H](O)CNCc2cccc(OC(F)(F)F)c2)cc(N2CCCS2(O)O)c1.Cl. The van der Waals surface area contributed by atoms with Gasteiger partial charge >= 0.3 is 6.36 Å². The quantitative estimate of drug-likeness (QED) is 0.146. The third kappa shape index (κ3) is 11.0. The lowest BCUT2D eigenvalue weighted by Gasteiger charge is -2.38. The van der Waals surface area contributed by atoms with E-state index in [-0.39, 0.29) is 48.7 Å². The molecule has 0 saturated carbocycles. The van der Waals surface area contributed by atoms with E-state index in [1.807, 2.05) is 44.2 Å². The third-order valence-corrected chi connectivity index (χ3v) is 8.78. The molecule has 0 unspecified atom stereocenters. The Kier molecular flexibility index (Phi) is 12.8. The van der Waals surface area contributed by atoms with Gasteiger partial charge in [0.2, 0.25) is 0 Å². The molecule has 45 heavy (non-hydrogen) atoms. The number of aliphatic hydroxyl groups is 1. The summed E-state index contributed by atoms with van der Waals surface area (Å²) in [7, 11) is -3.02. The number of alkyl halides is 3. The standard InChI is InChI=1S/C31H38F3N3O6S.ClH/c1-21(2)42-27-17-24(16-25(18-27)37-12-7-13-44(37,40)41)30(39)36-28(15-22-8-4-3-5-9-22)29(38)20-35-19-23-10-6-11-26(14-23)43-31(32,33)34;/h3-6,8-11,14,16-18,21,28-29,35,38,40-41H,7,12-13,15,19-20H2,1-2H3,(H,36,39);1H/t28-,29-;/m0./s1. The van der Waals surface area contributed by atoms with Crippen molar-refractivity contribution >= 4 is 34.8 Å². The van der Waals surface area contributed by atoms with Crippen LogP contribution in [0.15, 0.2) is 72.8 Å². The number of nitrogens with zero attached hydrogens (tertiary/aromatic N) is 1. The summed E-state index contributed by atoms with van der Waals surface area (Å²) in [6, 6.07) is 18.9. The monoisotopic (exact) mass is 673 g/mol. The molecule has 248 valence electrons. The summed E-state index contributed by atoms with van der Waals surface area (Å²) in [5.74, 6) is -0.205. The third-order valence-electron chi connectivity index (χ3n) is 6.84. The van der Waals surface area contributed by atoms with Crippen LogP contribution in [0.3, 0.4) is 0 Å². The van der Waals surface area contributed by atoms with Gasteiger partial charge in [0.15, 0.2) is 0 Å². The number of hydrogen-bond acceptors (Lipinski definition) is 8. The number of carbonyl (C=O) groups excluding carboxylic acids is 1. The maximum atomic E-state index is 13.6. The summed E-state index contributed by atoms with van der Waals surface area (Å²) in [5.41, 5.74) is 2.06. The number of rotatable bonds is 13. The van der Waals surface area contributed by atoms with Crippen LogP contribution in [0.25, 0.3) is 0 Å². The second kappa shape index (κ2) is 15.9. The fourth-order valence-corrected chi connectivity index (χ4v) is 6.52. The van der Waals surface area contributed by atoms with Crippen molar-refractivity contribution in [3.05, 3.63) is 89.5 Å². The number of ether oxygens (including phenoxy) is 2. The lowest BCUT2D eigenvalue weighted by atomic mass is 10.00. The van der Waals surface area contributed by atoms with Gasteiger partial charge in [0.1, 0.15) is 11.5 Å². The number of nitrogens with one attached hydrogen (secondary N) is 2. The number of aliphatic hydroxyl groups excluding tert-OH is 1. The fourth-order valence-electron chi connectivity index (χ4n) is 4.92. The minimum atomic E-state index is -4.80. The van der Waals surface area contributed by atoms with Gasteiger partial charge in [-0.1, -0.05) is 42.5 Å². The van der Waals surface area contributed by atoms with Crippen molar-refractivity contribution in [2.75, 3.05) is 23.1 Å². The zero-order chi connectivity index (χ0) is 31.9. The van der Waals surface area contributed by atoms with Crippen LogP contribution in [0.4, 0.5) is 18.9 Å². The number of halogens is 4. The normalized spacial score (nSPS) is 16.4. The average Bonchev–Trinajstić information content (AvgIpc) is 3.30. The summed E-state index contributed by atoms with van der Waals surface area (Å²) in [4.78, 5) is 13.6. The van der Waals surface area contributed by atoms with Crippen LogP contribution in [-0.4, -0.2) is 63.6 Å². The van der Waals surface area contributed by atoms with E-state index >= 15 is 0 Å². The van der Waals surface area contributed by atoms with Crippen molar-refractivity contribution in [3.8, 4) is 11.5 Å². The molecule has 0 aliphatic carbocycles. The van der Waals surface area contributed by atoms with Crippen LogP contribution in [0.2, 0.25) is 0 Å². The first-order valence-electron chi connectivity index (χ1n) is 14.2. The first kappa shape index (κ1) is 36.3. The Morgan fingerprint density at radius 2 is 1.71 bits per heavy atom. The summed E-state index contributed by atoms with van der Waals surface area (Å²) in [6.45, 7) is 4.28. The zero-order valence-corrected chi connectivity index (χ0v) is 26.5. The van der Waals surface area contributed by atoms with Gasteiger partial charge < -0.3 is 25.2 Å². The average molecular weight is 674 g/mol. The van der Waals surface area contributed by atoms with Gasteiger partial charge in [-0.15, -0.1) is 36.4 Å². The molecule has 2 atom stereocenters. The van der Waals surface area contributed by atoms with Gasteiger partial charge in [-0.05, 0) is 62.1 Å². The van der Waals surface area contributed by atoms with Crippen LogP contribution in [0.5, 0.6) is 11.5 Å². The molecule has 1 fully saturated rings. The summed E-state index contributed by atoms with van der Waals surface area (Å²) in [5, 5.41) is 17.1. The maximum absolute atomic E-state index is 13.6. The fraction of sp³-hybridized carbons (Fsp3) is 0.387. The van der Waals surface area contributed by atoms with Crippen molar-refractivity contribution in [2.45, 2.75) is 57.8 Å². The molecule has 0 spiro atoms. The minimum absolute atomic E-state index is 0. The summed E-state index contributed by atoms with van der Waals surface area (Å²) < 4.78 is 70.2. The molecule has 4 rings (SSSR count). The van der Waals surface area contributed by atoms with Crippen molar-refractivity contribution in [1.82, 2.24) is 10.6 Å². The van der Waals surface area contributed by atoms with E-state index < -0.39 is 35.2 Å². The van der Waals surface area contributed by atoms with Crippen LogP contribution in [-0.2, 0) is 13.0 Å². The lowest BCUT2D eigenvalue weighted by Crippen LogP contribution is -2.48. The molecule has 1 amide bonds. The van der Waals surface area contributed by atoms with E-state index in [1.165, 1.54) is 22.5 Å². The highest BCUT2D eigenvalue weighted by molar-refractivity contribution is 8.25. The Bertz CT molecular complexity index is 1400. The van der Waals surface area contributed by atoms with Crippen molar-refractivity contribution in [2.24, 2.45) is 0 Å². The number of anilines is 1. The van der Waals surface area contributed by atoms with E-state index in [0.717, 1.165) is 5.56 Å². The maximum Gasteiger partial charge on any atom is 0.573 e. The molecular weight excluding hydrogens is 635 g/mol. The number of amides is 1. The van der Waals surface area contributed by atoms with E-state index in [9.17, 15) is 32.2 Å². The van der Waals surface area contributed by atoms with Crippen molar-refractivity contribution < 1.29 is 41.7 Å². The molecular formula is C31H39ClF3N3O6S. The Morgan fingerprint density at radius 3 is 2.36 bits per heavy atom. The van der Waals surface area contributed by atoms with Gasteiger partial charge in [0.25, 0.3) is 5.91 Å². The second-order valence-corrected chi connectivity index (χ2v) is 13.0. The first-order valence-corrected chi connectivity index (χ1v) is 15.9. The molecule has 0 bridgehead atoms. The van der Waals surface area contributed by atoms with Gasteiger partial charge in [-0.2, -0.15) is 0 Å². The molecule has 3 aromatic carbocycles. The minimum Gasteiger partial charge on any atom is -0.491 e. The second-order valence-electron chi connectivity index (χ2n) is 10.8. The van der Waals surface area contributed by atoms with E-state index in [2.05, 4.69) is 15.4 Å². The number of benzene rings is 3. The van der Waals surface area contributed by atoms with E-state index in [0.29, 0.717) is 36.4 Å². The van der Waals surface area contributed by atoms with Crippen LogP contribution >= 0.6 is 23.2 Å².